The first-order valence-electron chi connectivity index (χ1n) is 7.25. The predicted octanol–water partition coefficient (Wildman–Crippen LogP) is 0.842. The molecule has 0 saturated carbocycles. The second-order valence-corrected chi connectivity index (χ2v) is 5.72. The van der Waals surface area contributed by atoms with Crippen LogP contribution in [-0.4, -0.2) is 53.2 Å². The van der Waals surface area contributed by atoms with Crippen LogP contribution in [0.1, 0.15) is 40.0 Å². The summed E-state index contributed by atoms with van der Waals surface area (Å²) in [5, 5.41) is 9.24. The Morgan fingerprint density at radius 1 is 1.35 bits per heavy atom. The number of carbonyl (C=O) groups excluding carboxylic acids is 1. The van der Waals surface area contributed by atoms with Crippen molar-refractivity contribution in [2.45, 2.75) is 51.6 Å². The van der Waals surface area contributed by atoms with Crippen LogP contribution in [0.25, 0.3) is 0 Å². The summed E-state index contributed by atoms with van der Waals surface area (Å²) in [6, 6.07) is -0.417. The van der Waals surface area contributed by atoms with E-state index in [1.807, 2.05) is 13.8 Å². The van der Waals surface area contributed by atoms with Crippen LogP contribution in [0, 0.1) is 5.92 Å². The summed E-state index contributed by atoms with van der Waals surface area (Å²) in [6.07, 6.45) is 2.15. The van der Waals surface area contributed by atoms with Crippen molar-refractivity contribution >= 4 is 11.9 Å². The minimum absolute atomic E-state index is 0.155. The van der Waals surface area contributed by atoms with Gasteiger partial charge in [0, 0.05) is 6.54 Å². The van der Waals surface area contributed by atoms with Crippen LogP contribution in [0.2, 0.25) is 0 Å². The average Bonchev–Trinajstić information content (AvgIpc) is 2.84. The van der Waals surface area contributed by atoms with Gasteiger partial charge in [-0.05, 0) is 19.8 Å². The molecule has 20 heavy (non-hydrogen) atoms. The highest BCUT2D eigenvalue weighted by Gasteiger charge is 2.43. The van der Waals surface area contributed by atoms with Gasteiger partial charge in [0.2, 0.25) is 5.91 Å². The van der Waals surface area contributed by atoms with E-state index in [2.05, 4.69) is 0 Å². The van der Waals surface area contributed by atoms with Gasteiger partial charge in [0.05, 0.1) is 24.8 Å². The highest BCUT2D eigenvalue weighted by atomic mass is 16.5. The first-order valence-corrected chi connectivity index (χ1v) is 7.25. The summed E-state index contributed by atoms with van der Waals surface area (Å²) in [4.78, 5) is 25.5. The fraction of sp³-hybridized carbons (Fsp3) is 0.857. The van der Waals surface area contributed by atoms with E-state index < -0.39 is 23.5 Å². The Kier molecular flexibility index (Phi) is 5.95. The number of rotatable bonds is 7. The molecule has 0 aromatic heterocycles. The van der Waals surface area contributed by atoms with Crippen LogP contribution >= 0.6 is 0 Å². The Morgan fingerprint density at radius 2 is 2.00 bits per heavy atom. The van der Waals surface area contributed by atoms with Crippen LogP contribution < -0.4 is 5.73 Å². The van der Waals surface area contributed by atoms with Gasteiger partial charge in [0.15, 0.2) is 0 Å². The smallest absolute Gasteiger partial charge is 0.311 e. The summed E-state index contributed by atoms with van der Waals surface area (Å²) < 4.78 is 5.27. The normalized spacial score (nSPS) is 25.2. The highest BCUT2D eigenvalue weighted by Crippen LogP contribution is 2.24. The minimum atomic E-state index is -0.949. The fourth-order valence-electron chi connectivity index (χ4n) is 2.70. The number of carboxylic acids is 1. The molecule has 1 saturated heterocycles. The van der Waals surface area contributed by atoms with E-state index in [0.717, 1.165) is 12.8 Å². The Labute approximate surface area is 120 Å². The zero-order chi connectivity index (χ0) is 15.3. The van der Waals surface area contributed by atoms with Crippen molar-refractivity contribution in [2.24, 2.45) is 11.7 Å². The SMILES string of the molecule is CCCN(C(=O)C(C)(N)CCC)C1COCC1C(=O)O. The second kappa shape index (κ2) is 7.04. The van der Waals surface area contributed by atoms with Crippen molar-refractivity contribution in [3.8, 4) is 0 Å². The maximum absolute atomic E-state index is 12.7. The molecule has 0 aromatic rings. The van der Waals surface area contributed by atoms with Gasteiger partial charge >= 0.3 is 5.97 Å². The summed E-state index contributed by atoms with van der Waals surface area (Å²) >= 11 is 0. The summed E-state index contributed by atoms with van der Waals surface area (Å²) in [5.74, 6) is -1.76. The van der Waals surface area contributed by atoms with Crippen molar-refractivity contribution in [1.82, 2.24) is 4.90 Å². The van der Waals surface area contributed by atoms with Crippen LogP contribution in [0.3, 0.4) is 0 Å². The quantitative estimate of drug-likeness (QED) is 0.723. The third-order valence-electron chi connectivity index (χ3n) is 3.75. The average molecular weight is 286 g/mol. The van der Waals surface area contributed by atoms with E-state index in [4.69, 9.17) is 10.5 Å². The number of hydrogen-bond donors (Lipinski definition) is 2. The summed E-state index contributed by atoms with van der Waals surface area (Å²) in [7, 11) is 0. The monoisotopic (exact) mass is 286 g/mol. The summed E-state index contributed by atoms with van der Waals surface area (Å²) in [5.41, 5.74) is 5.16. The molecule has 0 radical (unpaired) electrons. The molecule has 1 fully saturated rings. The van der Waals surface area contributed by atoms with Crippen molar-refractivity contribution in [3.63, 3.8) is 0 Å². The van der Waals surface area contributed by atoms with Gasteiger partial charge in [-0.25, -0.2) is 0 Å². The number of nitrogens with zero attached hydrogens (tertiary/aromatic N) is 1. The van der Waals surface area contributed by atoms with Gasteiger partial charge in [0.25, 0.3) is 0 Å². The number of amides is 1. The molecular formula is C14H26N2O4. The minimum Gasteiger partial charge on any atom is -0.481 e. The third-order valence-corrected chi connectivity index (χ3v) is 3.75. The number of nitrogens with two attached hydrogens (primary N) is 1. The first-order chi connectivity index (χ1) is 9.35. The molecule has 0 aromatic carbocycles. The number of hydrogen-bond acceptors (Lipinski definition) is 4. The fourth-order valence-corrected chi connectivity index (χ4v) is 2.70. The first kappa shape index (κ1) is 16.9. The molecule has 0 spiro atoms. The lowest BCUT2D eigenvalue weighted by Gasteiger charge is -2.36. The molecule has 3 N–H and O–H groups in total. The van der Waals surface area contributed by atoms with E-state index in [9.17, 15) is 14.7 Å². The Bertz CT molecular complexity index is 357. The maximum Gasteiger partial charge on any atom is 0.311 e. The van der Waals surface area contributed by atoms with Crippen molar-refractivity contribution in [3.05, 3.63) is 0 Å². The summed E-state index contributed by atoms with van der Waals surface area (Å²) in [6.45, 7) is 6.58. The standard InChI is InChI=1S/C14H26N2O4/c1-4-6-14(3,15)13(19)16(7-5-2)11-9-20-8-10(11)12(17)18/h10-11H,4-9,15H2,1-3H3,(H,17,18). The molecule has 1 aliphatic rings. The van der Waals surface area contributed by atoms with E-state index in [1.165, 1.54) is 0 Å². The Balaban J connectivity index is 2.93. The van der Waals surface area contributed by atoms with Crippen molar-refractivity contribution < 1.29 is 19.4 Å². The zero-order valence-corrected chi connectivity index (χ0v) is 12.6. The number of ether oxygens (including phenoxy) is 1. The molecule has 1 amide bonds. The van der Waals surface area contributed by atoms with E-state index >= 15 is 0 Å². The molecule has 116 valence electrons. The van der Waals surface area contributed by atoms with Gasteiger partial charge in [0.1, 0.15) is 5.92 Å². The lowest BCUT2D eigenvalue weighted by molar-refractivity contribution is -0.146. The molecule has 1 rings (SSSR count). The molecule has 1 aliphatic heterocycles. The predicted molar refractivity (Wildman–Crippen MR) is 75.2 cm³/mol. The highest BCUT2D eigenvalue weighted by molar-refractivity contribution is 5.86. The number of carboxylic acid groups (broad SMARTS) is 1. The van der Waals surface area contributed by atoms with Crippen LogP contribution in [0.4, 0.5) is 0 Å². The topological polar surface area (TPSA) is 92.9 Å². The van der Waals surface area contributed by atoms with E-state index in [0.29, 0.717) is 13.0 Å². The van der Waals surface area contributed by atoms with Gasteiger partial charge in [-0.1, -0.05) is 20.3 Å². The van der Waals surface area contributed by atoms with Gasteiger partial charge in [-0.2, -0.15) is 0 Å². The largest absolute Gasteiger partial charge is 0.481 e. The number of aliphatic carboxylic acids is 1. The maximum atomic E-state index is 12.7. The third kappa shape index (κ3) is 3.70. The molecule has 6 nitrogen and oxygen atoms in total. The Morgan fingerprint density at radius 3 is 2.50 bits per heavy atom. The molecule has 3 atom stereocenters. The molecule has 6 heteroatoms. The second-order valence-electron chi connectivity index (χ2n) is 5.72. The van der Waals surface area contributed by atoms with Gasteiger partial charge < -0.3 is 20.5 Å². The number of carbonyl (C=O) groups is 2. The van der Waals surface area contributed by atoms with Crippen LogP contribution in [-0.2, 0) is 14.3 Å². The van der Waals surface area contributed by atoms with Crippen LogP contribution in [0.15, 0.2) is 0 Å². The van der Waals surface area contributed by atoms with E-state index in [1.54, 1.807) is 11.8 Å². The van der Waals surface area contributed by atoms with Crippen molar-refractivity contribution in [2.75, 3.05) is 19.8 Å². The van der Waals surface area contributed by atoms with Crippen LogP contribution in [0.5, 0.6) is 0 Å². The molecule has 0 aliphatic carbocycles. The van der Waals surface area contributed by atoms with E-state index in [-0.39, 0.29) is 19.1 Å². The lowest BCUT2D eigenvalue weighted by atomic mass is 9.93. The molecular weight excluding hydrogens is 260 g/mol. The van der Waals surface area contributed by atoms with Gasteiger partial charge in [-0.15, -0.1) is 0 Å². The zero-order valence-electron chi connectivity index (χ0n) is 12.6. The molecule has 0 bridgehead atoms. The molecule has 3 unspecified atom stereocenters. The Hall–Kier alpha value is -1.14. The molecule has 1 heterocycles. The van der Waals surface area contributed by atoms with Gasteiger partial charge in [-0.3, -0.25) is 9.59 Å². The lowest BCUT2D eigenvalue weighted by Crippen LogP contribution is -2.58. The van der Waals surface area contributed by atoms with Crippen molar-refractivity contribution in [1.29, 1.82) is 0 Å².